The van der Waals surface area contributed by atoms with E-state index in [1.807, 2.05) is 13.8 Å². The Morgan fingerprint density at radius 2 is 1.91 bits per heavy atom. The number of H-pyrrole nitrogens is 1. The van der Waals surface area contributed by atoms with E-state index in [1.54, 1.807) is 24.3 Å². The molecule has 0 fully saturated rings. The predicted molar refractivity (Wildman–Crippen MR) is 81.3 cm³/mol. The maximum atomic E-state index is 12.0. The Morgan fingerprint density at radius 1 is 1.23 bits per heavy atom. The van der Waals surface area contributed by atoms with E-state index in [1.165, 1.54) is 0 Å². The van der Waals surface area contributed by atoms with Gasteiger partial charge in [0, 0.05) is 11.8 Å². The average molecular weight is 303 g/mol. The van der Waals surface area contributed by atoms with E-state index < -0.39 is 22.8 Å². The van der Waals surface area contributed by atoms with Gasteiger partial charge in [0.2, 0.25) is 5.91 Å². The Morgan fingerprint density at radius 3 is 2.59 bits per heavy atom. The molecular formula is C15H17N3O4. The van der Waals surface area contributed by atoms with E-state index in [9.17, 15) is 19.5 Å². The molecule has 7 nitrogen and oxygen atoms in total. The van der Waals surface area contributed by atoms with Crippen molar-refractivity contribution >= 4 is 22.7 Å². The molecule has 1 aromatic carbocycles. The first-order valence-corrected chi connectivity index (χ1v) is 6.83. The zero-order valence-electron chi connectivity index (χ0n) is 12.3. The van der Waals surface area contributed by atoms with Gasteiger partial charge in [0.15, 0.2) is 0 Å². The molecule has 7 heteroatoms. The summed E-state index contributed by atoms with van der Waals surface area (Å²) >= 11 is 0. The monoisotopic (exact) mass is 303 g/mol. The number of para-hydroxylation sites is 1. The number of nitrogens with one attached hydrogen (secondary N) is 3. The Labute approximate surface area is 126 Å². The van der Waals surface area contributed by atoms with Crippen LogP contribution in [0.4, 0.5) is 0 Å². The molecule has 0 aliphatic heterocycles. The molecule has 1 heterocycles. The van der Waals surface area contributed by atoms with Gasteiger partial charge in [-0.3, -0.25) is 25.2 Å². The maximum absolute atomic E-state index is 12.0. The van der Waals surface area contributed by atoms with E-state index >= 15 is 0 Å². The van der Waals surface area contributed by atoms with Crippen LogP contribution in [0.2, 0.25) is 0 Å². The molecule has 0 bridgehead atoms. The number of carbonyl (C=O) groups is 2. The summed E-state index contributed by atoms with van der Waals surface area (Å²) in [6.45, 7) is 3.72. The van der Waals surface area contributed by atoms with Crippen LogP contribution in [0.25, 0.3) is 10.9 Å². The number of hydrogen-bond donors (Lipinski definition) is 4. The number of aromatic nitrogens is 1. The fraction of sp³-hybridized carbons (Fsp3) is 0.267. The zero-order chi connectivity index (χ0) is 16.3. The lowest BCUT2D eigenvalue weighted by Crippen LogP contribution is -2.43. The number of carbonyl (C=O) groups excluding carboxylic acids is 2. The van der Waals surface area contributed by atoms with Crippen molar-refractivity contribution in [3.05, 3.63) is 40.2 Å². The number of hydrazine groups is 1. The summed E-state index contributed by atoms with van der Waals surface area (Å²) in [6.07, 6.45) is 0.236. The first-order valence-electron chi connectivity index (χ1n) is 6.83. The summed E-state index contributed by atoms with van der Waals surface area (Å²) in [5.74, 6) is -1.54. The molecule has 0 saturated carbocycles. The normalized spacial score (nSPS) is 10.7. The topological polar surface area (TPSA) is 111 Å². The lowest BCUT2D eigenvalue weighted by Gasteiger charge is -2.10. The van der Waals surface area contributed by atoms with Crippen LogP contribution in [-0.4, -0.2) is 21.9 Å². The van der Waals surface area contributed by atoms with Crippen LogP contribution in [0.1, 0.15) is 30.6 Å². The smallest absolute Gasteiger partial charge is 0.279 e. The van der Waals surface area contributed by atoms with Crippen molar-refractivity contribution in [2.75, 3.05) is 0 Å². The minimum atomic E-state index is -0.874. The largest absolute Gasteiger partial charge is 0.506 e. The van der Waals surface area contributed by atoms with Crippen LogP contribution in [0.5, 0.6) is 5.75 Å². The first-order chi connectivity index (χ1) is 10.4. The highest BCUT2D eigenvalue weighted by Crippen LogP contribution is 2.24. The summed E-state index contributed by atoms with van der Waals surface area (Å²) in [7, 11) is 0. The van der Waals surface area contributed by atoms with Gasteiger partial charge in [-0.2, -0.15) is 0 Å². The molecule has 4 N–H and O–H groups in total. The second-order valence-electron chi connectivity index (χ2n) is 5.32. The fourth-order valence-electron chi connectivity index (χ4n) is 2.05. The molecule has 116 valence electrons. The Balaban J connectivity index is 2.25. The Kier molecular flexibility index (Phi) is 4.45. The Bertz CT molecular complexity index is 780. The minimum absolute atomic E-state index is 0.134. The standard InChI is InChI=1S/C15H17N3O4/c1-8(2)7-11(19)17-18-15(22)12-13(20)9-5-3-4-6-10(9)16-14(12)21/h3-6,8H,7H2,1-2H3,(H,17,19)(H,18,22)(H2,16,20,21). The SMILES string of the molecule is CC(C)CC(=O)NNC(=O)c1c(O)c2ccccc2[nH]c1=O. The van der Waals surface area contributed by atoms with Crippen molar-refractivity contribution in [2.24, 2.45) is 5.92 Å². The predicted octanol–water partition coefficient (Wildman–Crippen LogP) is 1.04. The maximum Gasteiger partial charge on any atom is 0.279 e. The van der Waals surface area contributed by atoms with Crippen molar-refractivity contribution in [1.29, 1.82) is 0 Å². The highest BCUT2D eigenvalue weighted by atomic mass is 16.3. The molecule has 2 aromatic rings. The van der Waals surface area contributed by atoms with Crippen LogP contribution in [0, 0.1) is 5.92 Å². The van der Waals surface area contributed by atoms with E-state index in [0.29, 0.717) is 10.9 Å². The second kappa shape index (κ2) is 6.30. The van der Waals surface area contributed by atoms with E-state index in [0.717, 1.165) is 0 Å². The lowest BCUT2D eigenvalue weighted by atomic mass is 10.1. The van der Waals surface area contributed by atoms with Crippen LogP contribution in [0.3, 0.4) is 0 Å². The summed E-state index contributed by atoms with van der Waals surface area (Å²) in [5, 5.41) is 10.5. The molecule has 0 saturated heterocycles. The molecule has 2 amide bonds. The molecular weight excluding hydrogens is 286 g/mol. The van der Waals surface area contributed by atoms with Gasteiger partial charge < -0.3 is 10.1 Å². The average Bonchev–Trinajstić information content (AvgIpc) is 2.44. The molecule has 0 atom stereocenters. The number of hydrogen-bond acceptors (Lipinski definition) is 4. The van der Waals surface area contributed by atoms with Crippen molar-refractivity contribution in [3.8, 4) is 5.75 Å². The summed E-state index contributed by atoms with van der Waals surface area (Å²) in [4.78, 5) is 38.0. The van der Waals surface area contributed by atoms with Gasteiger partial charge >= 0.3 is 0 Å². The number of pyridine rings is 1. The zero-order valence-corrected chi connectivity index (χ0v) is 12.3. The number of amides is 2. The van der Waals surface area contributed by atoms with Crippen LogP contribution in [0.15, 0.2) is 29.1 Å². The Hall–Kier alpha value is -2.83. The molecule has 0 unspecified atom stereocenters. The van der Waals surface area contributed by atoms with Crippen LogP contribution in [-0.2, 0) is 4.79 Å². The number of rotatable bonds is 3. The van der Waals surface area contributed by atoms with Crippen molar-refractivity contribution in [1.82, 2.24) is 15.8 Å². The highest BCUT2D eigenvalue weighted by Gasteiger charge is 2.19. The van der Waals surface area contributed by atoms with Gasteiger partial charge in [0.05, 0.1) is 5.52 Å². The first kappa shape index (κ1) is 15.6. The third-order valence-electron chi connectivity index (χ3n) is 3.03. The third kappa shape index (κ3) is 3.25. The van der Waals surface area contributed by atoms with Gasteiger partial charge in [-0.15, -0.1) is 0 Å². The summed E-state index contributed by atoms with van der Waals surface area (Å²) in [5.41, 5.74) is 3.60. The van der Waals surface area contributed by atoms with Gasteiger partial charge in [-0.25, -0.2) is 0 Å². The van der Waals surface area contributed by atoms with E-state index in [-0.39, 0.29) is 18.2 Å². The minimum Gasteiger partial charge on any atom is -0.506 e. The second-order valence-corrected chi connectivity index (χ2v) is 5.32. The molecule has 0 aliphatic carbocycles. The third-order valence-corrected chi connectivity index (χ3v) is 3.03. The van der Waals surface area contributed by atoms with Gasteiger partial charge in [-0.05, 0) is 18.1 Å². The quantitative estimate of drug-likeness (QED) is 0.635. The fourth-order valence-corrected chi connectivity index (χ4v) is 2.05. The summed E-state index contributed by atoms with van der Waals surface area (Å²) in [6, 6.07) is 6.56. The molecule has 0 spiro atoms. The van der Waals surface area contributed by atoms with Crippen molar-refractivity contribution in [3.63, 3.8) is 0 Å². The molecule has 1 aromatic heterocycles. The summed E-state index contributed by atoms with van der Waals surface area (Å²) < 4.78 is 0. The lowest BCUT2D eigenvalue weighted by molar-refractivity contribution is -0.122. The van der Waals surface area contributed by atoms with Gasteiger partial charge in [-0.1, -0.05) is 26.0 Å². The molecule has 0 radical (unpaired) electrons. The number of benzene rings is 1. The van der Waals surface area contributed by atoms with Crippen molar-refractivity contribution < 1.29 is 14.7 Å². The number of aromatic amines is 1. The van der Waals surface area contributed by atoms with Gasteiger partial charge in [0.1, 0.15) is 11.3 Å². The molecule has 22 heavy (non-hydrogen) atoms. The van der Waals surface area contributed by atoms with Crippen molar-refractivity contribution in [2.45, 2.75) is 20.3 Å². The number of fused-ring (bicyclic) bond motifs is 1. The van der Waals surface area contributed by atoms with Crippen LogP contribution >= 0.6 is 0 Å². The molecule has 2 rings (SSSR count). The van der Waals surface area contributed by atoms with E-state index in [2.05, 4.69) is 15.8 Å². The van der Waals surface area contributed by atoms with Crippen LogP contribution < -0.4 is 16.4 Å². The number of aromatic hydroxyl groups is 1. The van der Waals surface area contributed by atoms with E-state index in [4.69, 9.17) is 0 Å². The molecule has 0 aliphatic rings. The van der Waals surface area contributed by atoms with Gasteiger partial charge in [0.25, 0.3) is 11.5 Å². The highest BCUT2D eigenvalue weighted by molar-refractivity contribution is 6.02.